The number of aryl methyl sites for hydroxylation is 3. The van der Waals surface area contributed by atoms with Gasteiger partial charge in [-0.3, -0.25) is 0 Å². The maximum atomic E-state index is 3.90. The van der Waals surface area contributed by atoms with Crippen LogP contribution in [-0.4, -0.2) is 6.04 Å². The molecule has 0 saturated heterocycles. The molecule has 0 heterocycles. The lowest BCUT2D eigenvalue weighted by molar-refractivity contribution is 0.265. The van der Waals surface area contributed by atoms with Gasteiger partial charge in [0.25, 0.3) is 0 Å². The van der Waals surface area contributed by atoms with E-state index in [4.69, 9.17) is 0 Å². The van der Waals surface area contributed by atoms with Crippen molar-refractivity contribution in [2.45, 2.75) is 78.8 Å². The van der Waals surface area contributed by atoms with E-state index in [-0.39, 0.29) is 0 Å². The zero-order valence-electron chi connectivity index (χ0n) is 13.9. The van der Waals surface area contributed by atoms with Crippen LogP contribution in [0.15, 0.2) is 12.1 Å². The topological polar surface area (TPSA) is 12.0 Å². The van der Waals surface area contributed by atoms with E-state index in [1.165, 1.54) is 54.4 Å². The molecule has 0 bridgehead atoms. The van der Waals surface area contributed by atoms with Crippen LogP contribution in [0, 0.1) is 26.7 Å². The summed E-state index contributed by atoms with van der Waals surface area (Å²) >= 11 is 0. The van der Waals surface area contributed by atoms with E-state index in [0.29, 0.717) is 12.1 Å². The molecular formula is C19H31N. The highest BCUT2D eigenvalue weighted by Crippen LogP contribution is 2.30. The van der Waals surface area contributed by atoms with Gasteiger partial charge in [0, 0.05) is 12.1 Å². The summed E-state index contributed by atoms with van der Waals surface area (Å²) in [6, 6.07) is 5.81. The smallest absolute Gasteiger partial charge is 0.0299 e. The first-order valence-electron chi connectivity index (χ1n) is 8.35. The molecule has 1 saturated carbocycles. The van der Waals surface area contributed by atoms with Gasteiger partial charge in [-0.05, 0) is 63.1 Å². The predicted octanol–water partition coefficient (Wildman–Crippen LogP) is 5.23. The van der Waals surface area contributed by atoms with Crippen LogP contribution in [0.25, 0.3) is 0 Å². The molecule has 1 heteroatoms. The van der Waals surface area contributed by atoms with Gasteiger partial charge in [0.2, 0.25) is 0 Å². The summed E-state index contributed by atoms with van der Waals surface area (Å²) in [7, 11) is 0. The molecule has 0 aromatic heterocycles. The molecule has 1 aliphatic rings. The first kappa shape index (κ1) is 15.6. The Hall–Kier alpha value is -0.820. The molecule has 1 aliphatic carbocycles. The molecule has 3 unspecified atom stereocenters. The second kappa shape index (κ2) is 6.76. The monoisotopic (exact) mass is 273 g/mol. The van der Waals surface area contributed by atoms with Crippen LogP contribution in [0.4, 0.5) is 0 Å². The SMILES string of the molecule is CCC1CCCC(NC(C)c2c(C)cc(C)cc2C)C1. The minimum absolute atomic E-state index is 0.469. The third-order valence-corrected chi connectivity index (χ3v) is 5.02. The van der Waals surface area contributed by atoms with Crippen molar-refractivity contribution in [3.63, 3.8) is 0 Å². The average Bonchev–Trinajstić information content (AvgIpc) is 2.37. The second-order valence-electron chi connectivity index (χ2n) is 6.84. The maximum absolute atomic E-state index is 3.90. The molecule has 3 atom stereocenters. The summed E-state index contributed by atoms with van der Waals surface area (Å²) < 4.78 is 0. The summed E-state index contributed by atoms with van der Waals surface area (Å²) in [5.74, 6) is 0.939. The van der Waals surface area contributed by atoms with Gasteiger partial charge in [0.1, 0.15) is 0 Å². The van der Waals surface area contributed by atoms with Gasteiger partial charge in [-0.2, -0.15) is 0 Å². The molecule has 2 rings (SSSR count). The van der Waals surface area contributed by atoms with Crippen LogP contribution in [0.5, 0.6) is 0 Å². The van der Waals surface area contributed by atoms with Crippen molar-refractivity contribution in [2.75, 3.05) is 0 Å². The number of rotatable bonds is 4. The van der Waals surface area contributed by atoms with Crippen molar-refractivity contribution in [1.82, 2.24) is 5.32 Å². The Morgan fingerprint density at radius 2 is 1.80 bits per heavy atom. The normalized spacial score (nSPS) is 24.6. The third-order valence-electron chi connectivity index (χ3n) is 5.02. The van der Waals surface area contributed by atoms with E-state index >= 15 is 0 Å². The lowest BCUT2D eigenvalue weighted by Gasteiger charge is -2.32. The Kier molecular flexibility index (Phi) is 5.26. The summed E-state index contributed by atoms with van der Waals surface area (Å²) in [4.78, 5) is 0. The molecule has 0 aliphatic heterocycles. The first-order valence-corrected chi connectivity index (χ1v) is 8.35. The molecule has 1 nitrogen and oxygen atoms in total. The highest BCUT2D eigenvalue weighted by Gasteiger charge is 2.23. The number of hydrogen-bond donors (Lipinski definition) is 1. The van der Waals surface area contributed by atoms with Crippen molar-refractivity contribution in [3.8, 4) is 0 Å². The van der Waals surface area contributed by atoms with Crippen molar-refractivity contribution >= 4 is 0 Å². The average molecular weight is 273 g/mol. The van der Waals surface area contributed by atoms with E-state index in [1.54, 1.807) is 0 Å². The van der Waals surface area contributed by atoms with Gasteiger partial charge in [-0.25, -0.2) is 0 Å². The minimum Gasteiger partial charge on any atom is -0.307 e. The molecular weight excluding hydrogens is 242 g/mol. The molecule has 1 aromatic rings. The van der Waals surface area contributed by atoms with E-state index in [1.807, 2.05) is 0 Å². The molecule has 0 amide bonds. The maximum Gasteiger partial charge on any atom is 0.0299 e. The lowest BCUT2D eigenvalue weighted by Crippen LogP contribution is -2.36. The number of benzene rings is 1. The molecule has 1 N–H and O–H groups in total. The summed E-state index contributed by atoms with van der Waals surface area (Å²) in [6.45, 7) is 11.4. The minimum atomic E-state index is 0.469. The Morgan fingerprint density at radius 1 is 1.15 bits per heavy atom. The van der Waals surface area contributed by atoms with Gasteiger partial charge in [0.15, 0.2) is 0 Å². The summed E-state index contributed by atoms with van der Waals surface area (Å²) in [5.41, 5.74) is 5.75. The molecule has 0 radical (unpaired) electrons. The lowest BCUT2D eigenvalue weighted by atomic mass is 9.83. The molecule has 1 aromatic carbocycles. The van der Waals surface area contributed by atoms with Crippen LogP contribution in [0.1, 0.15) is 74.2 Å². The summed E-state index contributed by atoms with van der Waals surface area (Å²) in [6.07, 6.45) is 6.89. The van der Waals surface area contributed by atoms with Crippen LogP contribution in [-0.2, 0) is 0 Å². The molecule has 20 heavy (non-hydrogen) atoms. The van der Waals surface area contributed by atoms with Gasteiger partial charge >= 0.3 is 0 Å². The standard InChI is InChI=1S/C19H31N/c1-6-17-8-7-9-18(12-17)20-16(5)19-14(3)10-13(2)11-15(19)4/h10-11,16-18,20H,6-9,12H2,1-5H3. The van der Waals surface area contributed by atoms with Crippen molar-refractivity contribution in [2.24, 2.45) is 5.92 Å². The Bertz CT molecular complexity index is 426. The Balaban J connectivity index is 2.06. The largest absolute Gasteiger partial charge is 0.307 e. The zero-order chi connectivity index (χ0) is 14.7. The fourth-order valence-corrected chi connectivity index (χ4v) is 4.12. The Labute approximate surface area is 125 Å². The second-order valence-corrected chi connectivity index (χ2v) is 6.84. The zero-order valence-corrected chi connectivity index (χ0v) is 13.9. The third kappa shape index (κ3) is 3.63. The van der Waals surface area contributed by atoms with Crippen molar-refractivity contribution < 1.29 is 0 Å². The fraction of sp³-hybridized carbons (Fsp3) is 0.684. The molecule has 0 spiro atoms. The predicted molar refractivity (Wildman–Crippen MR) is 88.2 cm³/mol. The van der Waals surface area contributed by atoms with E-state index in [2.05, 4.69) is 52.1 Å². The first-order chi connectivity index (χ1) is 9.51. The van der Waals surface area contributed by atoms with Gasteiger partial charge in [0.05, 0.1) is 0 Å². The van der Waals surface area contributed by atoms with E-state index in [9.17, 15) is 0 Å². The number of hydrogen-bond acceptors (Lipinski definition) is 1. The quantitative estimate of drug-likeness (QED) is 0.792. The Morgan fingerprint density at radius 3 is 2.40 bits per heavy atom. The molecule has 1 fully saturated rings. The number of nitrogens with one attached hydrogen (secondary N) is 1. The highest BCUT2D eigenvalue weighted by molar-refractivity contribution is 5.39. The van der Waals surface area contributed by atoms with Crippen LogP contribution < -0.4 is 5.32 Å². The van der Waals surface area contributed by atoms with Crippen LogP contribution in [0.2, 0.25) is 0 Å². The summed E-state index contributed by atoms with van der Waals surface area (Å²) in [5, 5.41) is 3.90. The van der Waals surface area contributed by atoms with Crippen molar-refractivity contribution in [1.29, 1.82) is 0 Å². The fourth-order valence-electron chi connectivity index (χ4n) is 4.12. The van der Waals surface area contributed by atoms with Gasteiger partial charge < -0.3 is 5.32 Å². The van der Waals surface area contributed by atoms with E-state index in [0.717, 1.165) is 5.92 Å². The van der Waals surface area contributed by atoms with Gasteiger partial charge in [-0.1, -0.05) is 43.9 Å². The van der Waals surface area contributed by atoms with Crippen LogP contribution >= 0.6 is 0 Å². The van der Waals surface area contributed by atoms with Crippen molar-refractivity contribution in [3.05, 3.63) is 34.4 Å². The van der Waals surface area contributed by atoms with E-state index < -0.39 is 0 Å². The van der Waals surface area contributed by atoms with Gasteiger partial charge in [-0.15, -0.1) is 0 Å². The molecule has 112 valence electrons. The highest BCUT2D eigenvalue weighted by atomic mass is 14.9. The van der Waals surface area contributed by atoms with Crippen LogP contribution in [0.3, 0.4) is 0 Å².